The molecule has 0 atom stereocenters. The Balaban J connectivity index is 1.90. The van der Waals surface area contributed by atoms with Gasteiger partial charge >= 0.3 is 0 Å². The van der Waals surface area contributed by atoms with E-state index in [4.69, 9.17) is 21.1 Å². The summed E-state index contributed by atoms with van der Waals surface area (Å²) in [6.07, 6.45) is 0. The Kier molecular flexibility index (Phi) is 7.04. The van der Waals surface area contributed by atoms with Gasteiger partial charge in [0.1, 0.15) is 18.0 Å². The van der Waals surface area contributed by atoms with Crippen molar-refractivity contribution < 1.29 is 22.7 Å². The van der Waals surface area contributed by atoms with Crippen molar-refractivity contribution >= 4 is 38.9 Å². The van der Waals surface area contributed by atoms with Crippen molar-refractivity contribution in [2.24, 2.45) is 0 Å². The summed E-state index contributed by atoms with van der Waals surface area (Å²) in [6, 6.07) is 18.9. The van der Waals surface area contributed by atoms with Gasteiger partial charge in [-0.15, -0.1) is 0 Å². The summed E-state index contributed by atoms with van der Waals surface area (Å²) in [6.45, 7) is -0.429. The van der Waals surface area contributed by atoms with Gasteiger partial charge in [0.15, 0.2) is 0 Å². The molecule has 0 aliphatic heterocycles. The predicted octanol–water partition coefficient (Wildman–Crippen LogP) is 4.19. The molecule has 0 spiro atoms. The van der Waals surface area contributed by atoms with Crippen LogP contribution in [0.25, 0.3) is 0 Å². The zero-order chi connectivity index (χ0) is 22.4. The van der Waals surface area contributed by atoms with Gasteiger partial charge in [-0.05, 0) is 72.8 Å². The summed E-state index contributed by atoms with van der Waals surface area (Å²) in [5, 5.41) is 3.15. The van der Waals surface area contributed by atoms with Crippen molar-refractivity contribution in [1.82, 2.24) is 0 Å². The molecule has 7 nitrogen and oxygen atoms in total. The molecule has 0 saturated heterocycles. The number of carbonyl (C=O) groups excluding carboxylic acids is 1. The number of anilines is 2. The van der Waals surface area contributed by atoms with Crippen LogP contribution >= 0.6 is 11.6 Å². The number of halogens is 1. The van der Waals surface area contributed by atoms with Crippen molar-refractivity contribution in [3.05, 3.63) is 77.8 Å². The third-order valence-corrected chi connectivity index (χ3v) is 6.46. The van der Waals surface area contributed by atoms with Crippen molar-refractivity contribution in [2.45, 2.75) is 4.90 Å². The number of rotatable bonds is 8. The van der Waals surface area contributed by atoms with Crippen LogP contribution in [-0.2, 0) is 14.8 Å². The lowest BCUT2D eigenvalue weighted by atomic mass is 10.3. The number of nitrogens with zero attached hydrogens (tertiary/aromatic N) is 1. The largest absolute Gasteiger partial charge is 0.497 e. The van der Waals surface area contributed by atoms with E-state index in [1.807, 2.05) is 0 Å². The molecule has 3 aromatic rings. The van der Waals surface area contributed by atoms with Gasteiger partial charge in [-0.1, -0.05) is 11.6 Å². The van der Waals surface area contributed by atoms with Crippen LogP contribution in [0.15, 0.2) is 77.7 Å². The molecule has 1 N–H and O–H groups in total. The van der Waals surface area contributed by atoms with E-state index in [9.17, 15) is 13.2 Å². The molecule has 0 heterocycles. The van der Waals surface area contributed by atoms with Crippen LogP contribution in [-0.4, -0.2) is 35.1 Å². The molecule has 1 amide bonds. The third kappa shape index (κ3) is 5.48. The lowest BCUT2D eigenvalue weighted by molar-refractivity contribution is -0.114. The second-order valence-electron chi connectivity index (χ2n) is 6.44. The number of ether oxygens (including phenoxy) is 2. The minimum absolute atomic E-state index is 0.0282. The van der Waals surface area contributed by atoms with Crippen LogP contribution in [0.5, 0.6) is 11.5 Å². The fourth-order valence-corrected chi connectivity index (χ4v) is 4.35. The van der Waals surface area contributed by atoms with Crippen molar-refractivity contribution in [2.75, 3.05) is 30.4 Å². The normalized spacial score (nSPS) is 10.9. The van der Waals surface area contributed by atoms with Crippen molar-refractivity contribution in [1.29, 1.82) is 0 Å². The fraction of sp³-hybridized carbons (Fsp3) is 0.136. The van der Waals surface area contributed by atoms with E-state index in [-0.39, 0.29) is 4.90 Å². The molecule has 0 aliphatic carbocycles. The number of hydrogen-bond acceptors (Lipinski definition) is 5. The van der Waals surface area contributed by atoms with E-state index >= 15 is 0 Å². The zero-order valence-electron chi connectivity index (χ0n) is 16.9. The first kappa shape index (κ1) is 22.5. The van der Waals surface area contributed by atoms with E-state index in [0.29, 0.717) is 27.9 Å². The lowest BCUT2D eigenvalue weighted by Gasteiger charge is -2.24. The highest BCUT2D eigenvalue weighted by Crippen LogP contribution is 2.26. The Labute approximate surface area is 186 Å². The van der Waals surface area contributed by atoms with Crippen molar-refractivity contribution in [3.63, 3.8) is 0 Å². The maximum atomic E-state index is 13.3. The molecule has 0 unspecified atom stereocenters. The molecule has 3 rings (SSSR count). The number of carbonyl (C=O) groups is 1. The highest BCUT2D eigenvalue weighted by molar-refractivity contribution is 7.92. The highest BCUT2D eigenvalue weighted by Gasteiger charge is 2.27. The van der Waals surface area contributed by atoms with E-state index < -0.39 is 22.5 Å². The van der Waals surface area contributed by atoms with Gasteiger partial charge in [0.2, 0.25) is 5.91 Å². The summed E-state index contributed by atoms with van der Waals surface area (Å²) in [5.41, 5.74) is 0.828. The minimum Gasteiger partial charge on any atom is -0.497 e. The number of amides is 1. The van der Waals surface area contributed by atoms with Gasteiger partial charge in [-0.25, -0.2) is 8.42 Å². The van der Waals surface area contributed by atoms with Crippen molar-refractivity contribution in [3.8, 4) is 11.5 Å². The molecular weight excluding hydrogens is 440 g/mol. The van der Waals surface area contributed by atoms with Gasteiger partial charge in [-0.2, -0.15) is 0 Å². The SMILES string of the molecule is COc1ccc(NC(=O)CN(c2ccc(Cl)cc2)S(=O)(=O)c2ccc(OC)cc2)cc1. The number of nitrogens with one attached hydrogen (secondary N) is 1. The minimum atomic E-state index is -4.04. The molecule has 0 radical (unpaired) electrons. The Morgan fingerprint density at radius 1 is 0.871 bits per heavy atom. The second-order valence-corrected chi connectivity index (χ2v) is 8.74. The Bertz CT molecular complexity index is 1130. The van der Waals surface area contributed by atoms with Crippen LogP contribution in [0.1, 0.15) is 0 Å². The number of benzene rings is 3. The Morgan fingerprint density at radius 2 is 1.39 bits per heavy atom. The van der Waals surface area contributed by atoms with Crippen LogP contribution in [0.2, 0.25) is 5.02 Å². The van der Waals surface area contributed by atoms with Crippen LogP contribution in [0.3, 0.4) is 0 Å². The quantitative estimate of drug-likeness (QED) is 0.544. The van der Waals surface area contributed by atoms with E-state index in [1.165, 1.54) is 19.2 Å². The van der Waals surface area contributed by atoms with Gasteiger partial charge < -0.3 is 14.8 Å². The molecule has 31 heavy (non-hydrogen) atoms. The van der Waals surface area contributed by atoms with E-state index in [0.717, 1.165) is 4.31 Å². The van der Waals surface area contributed by atoms with E-state index in [1.54, 1.807) is 67.8 Å². The summed E-state index contributed by atoms with van der Waals surface area (Å²) in [7, 11) is -1.000. The topological polar surface area (TPSA) is 84.9 Å². The monoisotopic (exact) mass is 460 g/mol. The average Bonchev–Trinajstić information content (AvgIpc) is 2.78. The number of hydrogen-bond donors (Lipinski definition) is 1. The lowest BCUT2D eigenvalue weighted by Crippen LogP contribution is -2.38. The molecular formula is C22H21ClN2O5S. The van der Waals surface area contributed by atoms with Gasteiger partial charge in [0.25, 0.3) is 10.0 Å². The van der Waals surface area contributed by atoms with Crippen LogP contribution < -0.4 is 19.1 Å². The Hall–Kier alpha value is -3.23. The maximum Gasteiger partial charge on any atom is 0.264 e. The smallest absolute Gasteiger partial charge is 0.264 e. The van der Waals surface area contributed by atoms with Gasteiger partial charge in [0, 0.05) is 10.7 Å². The Morgan fingerprint density at radius 3 is 1.90 bits per heavy atom. The first-order chi connectivity index (χ1) is 14.8. The first-order valence-electron chi connectivity index (χ1n) is 9.20. The summed E-state index contributed by atoms with van der Waals surface area (Å²) < 4.78 is 37.9. The number of methoxy groups -OCH3 is 2. The summed E-state index contributed by atoms with van der Waals surface area (Å²) in [5.74, 6) is 0.661. The number of sulfonamides is 1. The molecule has 0 aromatic heterocycles. The molecule has 0 bridgehead atoms. The molecule has 162 valence electrons. The molecule has 9 heteroatoms. The molecule has 3 aromatic carbocycles. The second kappa shape index (κ2) is 9.72. The molecule has 0 aliphatic rings. The highest BCUT2D eigenvalue weighted by atomic mass is 35.5. The first-order valence-corrected chi connectivity index (χ1v) is 11.0. The van der Waals surface area contributed by atoms with E-state index in [2.05, 4.69) is 5.32 Å². The van der Waals surface area contributed by atoms with Gasteiger partial charge in [-0.3, -0.25) is 9.10 Å². The predicted molar refractivity (Wildman–Crippen MR) is 121 cm³/mol. The fourth-order valence-electron chi connectivity index (χ4n) is 2.80. The molecule has 0 fully saturated rings. The molecule has 0 saturated carbocycles. The summed E-state index contributed by atoms with van der Waals surface area (Å²) >= 11 is 5.95. The van der Waals surface area contributed by atoms with Crippen LogP contribution in [0.4, 0.5) is 11.4 Å². The summed E-state index contributed by atoms with van der Waals surface area (Å²) in [4.78, 5) is 12.7. The third-order valence-electron chi connectivity index (χ3n) is 4.42. The standard InChI is InChI=1S/C22H21ClN2O5S/c1-29-19-9-5-17(6-10-19)24-22(26)15-25(18-7-3-16(23)4-8-18)31(27,28)21-13-11-20(30-2)12-14-21/h3-14H,15H2,1-2H3,(H,24,26). The van der Waals surface area contributed by atoms with Gasteiger partial charge in [0.05, 0.1) is 24.8 Å². The van der Waals surface area contributed by atoms with Crippen LogP contribution in [0, 0.1) is 0 Å². The zero-order valence-corrected chi connectivity index (χ0v) is 18.5. The maximum absolute atomic E-state index is 13.3. The average molecular weight is 461 g/mol.